The van der Waals surface area contributed by atoms with E-state index in [2.05, 4.69) is 16.0 Å². The number of carbonyl (C=O) groups excluding carboxylic acids is 2. The zero-order chi connectivity index (χ0) is 18.4. The van der Waals surface area contributed by atoms with Gasteiger partial charge in [0.15, 0.2) is 0 Å². The van der Waals surface area contributed by atoms with Gasteiger partial charge in [-0.2, -0.15) is 13.2 Å². The number of nitrogens with one attached hydrogen (secondary N) is 3. The molecular weight excluding hydrogens is 335 g/mol. The minimum atomic E-state index is -4.56. The lowest BCUT2D eigenvalue weighted by Crippen LogP contribution is -2.29. The predicted octanol–water partition coefficient (Wildman–Crippen LogP) is 3.39. The van der Waals surface area contributed by atoms with Crippen LogP contribution in [0.5, 0.6) is 0 Å². The summed E-state index contributed by atoms with van der Waals surface area (Å²) in [6, 6.07) is 10.5. The van der Waals surface area contributed by atoms with Gasteiger partial charge in [0, 0.05) is 19.2 Å². The van der Waals surface area contributed by atoms with E-state index in [0.717, 1.165) is 6.07 Å². The molecule has 3 N–H and O–H groups in total. The van der Waals surface area contributed by atoms with Gasteiger partial charge in [0.25, 0.3) is 5.91 Å². The van der Waals surface area contributed by atoms with Crippen LogP contribution in [-0.4, -0.2) is 19.0 Å². The van der Waals surface area contributed by atoms with Crippen LogP contribution >= 0.6 is 0 Å². The maximum atomic E-state index is 12.9. The third kappa shape index (κ3) is 4.97. The Morgan fingerprint density at radius 1 is 1.04 bits per heavy atom. The number of carbonyl (C=O) groups is 2. The lowest BCUT2D eigenvalue weighted by atomic mass is 10.1. The average molecular weight is 351 g/mol. The van der Waals surface area contributed by atoms with Crippen molar-refractivity contribution >= 4 is 17.6 Å². The van der Waals surface area contributed by atoms with E-state index < -0.39 is 17.8 Å². The number of rotatable bonds is 4. The number of urea groups is 1. The van der Waals surface area contributed by atoms with Crippen molar-refractivity contribution in [1.29, 1.82) is 0 Å². The molecule has 2 aromatic carbocycles. The first-order valence-corrected chi connectivity index (χ1v) is 7.33. The van der Waals surface area contributed by atoms with Gasteiger partial charge < -0.3 is 16.0 Å². The molecule has 0 spiro atoms. The van der Waals surface area contributed by atoms with E-state index in [9.17, 15) is 22.8 Å². The van der Waals surface area contributed by atoms with Crippen LogP contribution in [0, 0.1) is 0 Å². The lowest BCUT2D eigenvalue weighted by molar-refractivity contribution is -0.136. The number of alkyl halides is 3. The molecule has 2 aromatic rings. The Kier molecular flexibility index (Phi) is 5.63. The quantitative estimate of drug-likeness (QED) is 0.790. The van der Waals surface area contributed by atoms with Crippen molar-refractivity contribution in [3.8, 4) is 0 Å². The number of para-hydroxylation sites is 1. The van der Waals surface area contributed by atoms with Gasteiger partial charge >= 0.3 is 12.2 Å². The summed E-state index contributed by atoms with van der Waals surface area (Å²) in [6.45, 7) is 0.0604. The smallest absolute Gasteiger partial charge is 0.355 e. The van der Waals surface area contributed by atoms with Crippen LogP contribution in [-0.2, 0) is 12.7 Å². The first-order chi connectivity index (χ1) is 11.8. The molecule has 0 aromatic heterocycles. The second-order valence-electron chi connectivity index (χ2n) is 5.13. The van der Waals surface area contributed by atoms with Gasteiger partial charge in [-0.05, 0) is 29.8 Å². The molecule has 0 bridgehead atoms. The largest absolute Gasteiger partial charge is 0.418 e. The summed E-state index contributed by atoms with van der Waals surface area (Å²) in [6.07, 6.45) is -4.56. The van der Waals surface area contributed by atoms with Crippen LogP contribution in [0.3, 0.4) is 0 Å². The van der Waals surface area contributed by atoms with Crippen molar-refractivity contribution < 1.29 is 22.8 Å². The van der Waals surface area contributed by atoms with Crippen LogP contribution in [0.15, 0.2) is 48.5 Å². The Labute approximate surface area is 142 Å². The normalized spacial score (nSPS) is 10.9. The van der Waals surface area contributed by atoms with Gasteiger partial charge in [0.1, 0.15) is 0 Å². The van der Waals surface area contributed by atoms with Crippen LogP contribution < -0.4 is 16.0 Å². The average Bonchev–Trinajstić information content (AvgIpc) is 2.59. The van der Waals surface area contributed by atoms with E-state index in [0.29, 0.717) is 11.1 Å². The third-order valence-corrected chi connectivity index (χ3v) is 3.35. The Morgan fingerprint density at radius 2 is 1.76 bits per heavy atom. The molecule has 0 saturated heterocycles. The third-order valence-electron chi connectivity index (χ3n) is 3.35. The highest BCUT2D eigenvalue weighted by Gasteiger charge is 2.33. The second kappa shape index (κ2) is 7.69. The Hall–Kier alpha value is -3.03. The fourth-order valence-corrected chi connectivity index (χ4v) is 2.16. The fourth-order valence-electron chi connectivity index (χ4n) is 2.16. The minimum Gasteiger partial charge on any atom is -0.355 e. The second-order valence-corrected chi connectivity index (χ2v) is 5.13. The van der Waals surface area contributed by atoms with Crippen LogP contribution in [0.25, 0.3) is 0 Å². The highest BCUT2D eigenvalue weighted by molar-refractivity contribution is 5.94. The molecule has 0 radical (unpaired) electrons. The molecular formula is C17H16F3N3O2. The number of hydrogen-bond donors (Lipinski definition) is 3. The SMILES string of the molecule is CNC(=O)c1cccc(CNC(=O)Nc2ccccc2C(F)(F)F)c1. The van der Waals surface area contributed by atoms with Crippen molar-refractivity contribution in [2.24, 2.45) is 0 Å². The van der Waals surface area contributed by atoms with Crippen molar-refractivity contribution in [2.45, 2.75) is 12.7 Å². The van der Waals surface area contributed by atoms with Crippen molar-refractivity contribution in [3.05, 3.63) is 65.2 Å². The maximum absolute atomic E-state index is 12.9. The van der Waals surface area contributed by atoms with E-state index >= 15 is 0 Å². The summed E-state index contributed by atoms with van der Waals surface area (Å²) in [7, 11) is 1.50. The lowest BCUT2D eigenvalue weighted by Gasteiger charge is -2.14. The predicted molar refractivity (Wildman–Crippen MR) is 87.1 cm³/mol. The topological polar surface area (TPSA) is 70.2 Å². The molecule has 132 valence electrons. The van der Waals surface area contributed by atoms with Crippen LogP contribution in [0.2, 0.25) is 0 Å². The molecule has 3 amide bonds. The summed E-state index contributed by atoms with van der Waals surface area (Å²) in [5.41, 5.74) is -0.191. The van der Waals surface area contributed by atoms with E-state index in [4.69, 9.17) is 0 Å². The minimum absolute atomic E-state index is 0.0604. The Morgan fingerprint density at radius 3 is 2.44 bits per heavy atom. The van der Waals surface area contributed by atoms with Crippen molar-refractivity contribution in [2.75, 3.05) is 12.4 Å². The highest BCUT2D eigenvalue weighted by Crippen LogP contribution is 2.34. The number of anilines is 1. The highest BCUT2D eigenvalue weighted by atomic mass is 19.4. The summed E-state index contributed by atoms with van der Waals surface area (Å²) in [5.74, 6) is -0.273. The zero-order valence-corrected chi connectivity index (χ0v) is 13.3. The Bertz CT molecular complexity index is 776. The molecule has 2 rings (SSSR count). The molecule has 0 saturated carbocycles. The molecule has 0 unspecified atom stereocenters. The molecule has 0 fully saturated rings. The molecule has 25 heavy (non-hydrogen) atoms. The molecule has 0 atom stereocenters. The molecule has 0 aliphatic heterocycles. The van der Waals surface area contributed by atoms with Gasteiger partial charge in [-0.3, -0.25) is 4.79 Å². The fraction of sp³-hybridized carbons (Fsp3) is 0.176. The van der Waals surface area contributed by atoms with Crippen LogP contribution in [0.1, 0.15) is 21.5 Å². The van der Waals surface area contributed by atoms with Crippen molar-refractivity contribution in [3.63, 3.8) is 0 Å². The number of amides is 3. The Balaban J connectivity index is 2.02. The van der Waals surface area contributed by atoms with E-state index in [1.807, 2.05) is 0 Å². The number of benzene rings is 2. The maximum Gasteiger partial charge on any atom is 0.418 e. The molecule has 0 aliphatic carbocycles. The first-order valence-electron chi connectivity index (χ1n) is 7.33. The first kappa shape index (κ1) is 18.3. The van der Waals surface area contributed by atoms with Gasteiger partial charge in [0.05, 0.1) is 11.3 Å². The van der Waals surface area contributed by atoms with Gasteiger partial charge in [0.2, 0.25) is 0 Å². The van der Waals surface area contributed by atoms with Gasteiger partial charge in [-0.15, -0.1) is 0 Å². The molecule has 0 heterocycles. The summed E-state index contributed by atoms with van der Waals surface area (Å²) < 4.78 is 38.7. The van der Waals surface area contributed by atoms with Crippen LogP contribution in [0.4, 0.5) is 23.7 Å². The number of hydrogen-bond acceptors (Lipinski definition) is 2. The molecule has 0 aliphatic rings. The molecule has 5 nitrogen and oxygen atoms in total. The standard InChI is InChI=1S/C17H16F3N3O2/c1-21-15(24)12-6-4-5-11(9-12)10-22-16(25)23-14-8-3-2-7-13(14)17(18,19)20/h2-9H,10H2,1H3,(H,21,24)(H2,22,23,25). The summed E-state index contributed by atoms with van der Waals surface area (Å²) in [5, 5.41) is 7.13. The summed E-state index contributed by atoms with van der Waals surface area (Å²) >= 11 is 0. The van der Waals surface area contributed by atoms with E-state index in [-0.39, 0.29) is 18.1 Å². The van der Waals surface area contributed by atoms with Gasteiger partial charge in [-0.25, -0.2) is 4.79 Å². The molecule has 8 heteroatoms. The van der Waals surface area contributed by atoms with E-state index in [1.165, 1.54) is 25.2 Å². The monoisotopic (exact) mass is 351 g/mol. The number of halogens is 3. The summed E-state index contributed by atoms with van der Waals surface area (Å²) in [4.78, 5) is 23.4. The van der Waals surface area contributed by atoms with E-state index in [1.54, 1.807) is 24.3 Å². The zero-order valence-electron chi connectivity index (χ0n) is 13.3. The van der Waals surface area contributed by atoms with Gasteiger partial charge in [-0.1, -0.05) is 24.3 Å². The van der Waals surface area contributed by atoms with Crippen molar-refractivity contribution in [1.82, 2.24) is 10.6 Å².